The topological polar surface area (TPSA) is 32.3 Å². The minimum atomic E-state index is 0.353. The molecule has 0 aromatic heterocycles. The highest BCUT2D eigenvalue weighted by molar-refractivity contribution is 5.17. The van der Waals surface area contributed by atoms with E-state index in [1.54, 1.807) is 0 Å². The van der Waals surface area contributed by atoms with E-state index in [1.165, 1.54) is 18.4 Å². The summed E-state index contributed by atoms with van der Waals surface area (Å²) in [6.07, 6.45) is 3.73. The number of hydrogen-bond donors (Lipinski definition) is 2. The average Bonchev–Trinajstić information content (AvgIpc) is 3.20. The van der Waals surface area contributed by atoms with Crippen molar-refractivity contribution in [1.82, 2.24) is 5.32 Å². The van der Waals surface area contributed by atoms with Crippen molar-refractivity contribution in [3.8, 4) is 0 Å². The van der Waals surface area contributed by atoms with E-state index in [4.69, 9.17) is 0 Å². The maximum atomic E-state index is 9.29. The summed E-state index contributed by atoms with van der Waals surface area (Å²) in [4.78, 5) is 0. The standard InChI is InChI=1S/C15H23NO/c1-12(13-5-3-2-4-6-13)16-10-9-15(11-17)14-7-8-14/h2-6,12,14-17H,7-11H2,1H3. The van der Waals surface area contributed by atoms with Gasteiger partial charge in [-0.15, -0.1) is 0 Å². The lowest BCUT2D eigenvalue weighted by atomic mass is 10.0. The van der Waals surface area contributed by atoms with Crippen LogP contribution in [0.15, 0.2) is 30.3 Å². The largest absolute Gasteiger partial charge is 0.396 e. The Morgan fingerprint density at radius 1 is 1.29 bits per heavy atom. The van der Waals surface area contributed by atoms with E-state index in [2.05, 4.69) is 36.5 Å². The summed E-state index contributed by atoms with van der Waals surface area (Å²) in [5, 5.41) is 12.8. The average molecular weight is 233 g/mol. The van der Waals surface area contributed by atoms with Crippen LogP contribution < -0.4 is 5.32 Å². The molecule has 1 aromatic carbocycles. The highest BCUT2D eigenvalue weighted by Gasteiger charge is 2.30. The second-order valence-corrected chi connectivity index (χ2v) is 5.16. The van der Waals surface area contributed by atoms with Gasteiger partial charge in [0.2, 0.25) is 0 Å². The molecule has 1 aliphatic carbocycles. The summed E-state index contributed by atoms with van der Waals surface area (Å²) in [5.41, 5.74) is 1.33. The molecule has 2 N–H and O–H groups in total. The Hall–Kier alpha value is -0.860. The van der Waals surface area contributed by atoms with Gasteiger partial charge >= 0.3 is 0 Å². The van der Waals surface area contributed by atoms with Crippen molar-refractivity contribution in [3.63, 3.8) is 0 Å². The summed E-state index contributed by atoms with van der Waals surface area (Å²) >= 11 is 0. The molecule has 2 unspecified atom stereocenters. The molecule has 0 heterocycles. The molecule has 0 saturated heterocycles. The van der Waals surface area contributed by atoms with Crippen molar-refractivity contribution in [3.05, 3.63) is 35.9 Å². The second kappa shape index (κ2) is 6.18. The molecule has 1 aliphatic rings. The third-order valence-electron chi connectivity index (χ3n) is 3.79. The number of aliphatic hydroxyl groups is 1. The molecule has 1 fully saturated rings. The van der Waals surface area contributed by atoms with Crippen molar-refractivity contribution >= 4 is 0 Å². The first-order valence-electron chi connectivity index (χ1n) is 6.70. The number of aliphatic hydroxyl groups excluding tert-OH is 1. The van der Waals surface area contributed by atoms with Crippen LogP contribution in [-0.4, -0.2) is 18.3 Å². The Morgan fingerprint density at radius 3 is 2.59 bits per heavy atom. The van der Waals surface area contributed by atoms with Gasteiger partial charge in [-0.25, -0.2) is 0 Å². The Labute approximate surface area is 104 Å². The first kappa shape index (κ1) is 12.6. The van der Waals surface area contributed by atoms with Crippen LogP contribution in [0.1, 0.15) is 37.8 Å². The SMILES string of the molecule is CC(NCCC(CO)C1CC1)c1ccccc1. The number of benzene rings is 1. The summed E-state index contributed by atoms with van der Waals surface area (Å²) in [5.74, 6) is 1.32. The molecule has 0 aliphatic heterocycles. The van der Waals surface area contributed by atoms with Gasteiger partial charge in [-0.1, -0.05) is 30.3 Å². The molecule has 0 spiro atoms. The molecule has 17 heavy (non-hydrogen) atoms. The minimum absolute atomic E-state index is 0.353. The predicted octanol–water partition coefficient (Wildman–Crippen LogP) is 2.75. The third-order valence-corrected chi connectivity index (χ3v) is 3.79. The zero-order valence-electron chi connectivity index (χ0n) is 10.6. The van der Waals surface area contributed by atoms with E-state index in [-0.39, 0.29) is 0 Å². The summed E-state index contributed by atoms with van der Waals surface area (Å²) < 4.78 is 0. The molecule has 0 radical (unpaired) electrons. The highest BCUT2D eigenvalue weighted by Crippen LogP contribution is 2.38. The van der Waals surface area contributed by atoms with Crippen LogP contribution in [0.2, 0.25) is 0 Å². The van der Waals surface area contributed by atoms with Gasteiger partial charge in [0.05, 0.1) is 0 Å². The lowest BCUT2D eigenvalue weighted by molar-refractivity contribution is 0.200. The molecule has 2 atom stereocenters. The van der Waals surface area contributed by atoms with Gasteiger partial charge < -0.3 is 10.4 Å². The quantitative estimate of drug-likeness (QED) is 0.759. The number of rotatable bonds is 7. The summed E-state index contributed by atoms with van der Waals surface area (Å²) in [7, 11) is 0. The van der Waals surface area contributed by atoms with Crippen LogP contribution in [0.5, 0.6) is 0 Å². The van der Waals surface area contributed by atoms with Gasteiger partial charge in [-0.3, -0.25) is 0 Å². The highest BCUT2D eigenvalue weighted by atomic mass is 16.3. The summed E-state index contributed by atoms with van der Waals surface area (Å²) in [6, 6.07) is 10.9. The van der Waals surface area contributed by atoms with Crippen molar-refractivity contribution in [2.45, 2.75) is 32.2 Å². The maximum absolute atomic E-state index is 9.29. The zero-order valence-corrected chi connectivity index (χ0v) is 10.6. The Kier molecular flexibility index (Phi) is 4.57. The zero-order chi connectivity index (χ0) is 12.1. The van der Waals surface area contributed by atoms with Gasteiger partial charge in [-0.2, -0.15) is 0 Å². The predicted molar refractivity (Wildman–Crippen MR) is 70.8 cm³/mol. The van der Waals surface area contributed by atoms with Crippen LogP contribution in [0.4, 0.5) is 0 Å². The fourth-order valence-electron chi connectivity index (χ4n) is 2.39. The minimum Gasteiger partial charge on any atom is -0.396 e. The van der Waals surface area contributed by atoms with Crippen LogP contribution in [-0.2, 0) is 0 Å². The van der Waals surface area contributed by atoms with Crippen LogP contribution >= 0.6 is 0 Å². The van der Waals surface area contributed by atoms with E-state index < -0.39 is 0 Å². The molecule has 0 bridgehead atoms. The first-order chi connectivity index (χ1) is 8.31. The van der Waals surface area contributed by atoms with E-state index in [9.17, 15) is 5.11 Å². The molecule has 2 nitrogen and oxygen atoms in total. The van der Waals surface area contributed by atoms with Gasteiger partial charge in [0.25, 0.3) is 0 Å². The molecular formula is C15H23NO. The second-order valence-electron chi connectivity index (χ2n) is 5.16. The fraction of sp³-hybridized carbons (Fsp3) is 0.600. The van der Waals surface area contributed by atoms with Crippen molar-refractivity contribution in [2.75, 3.05) is 13.2 Å². The molecule has 2 rings (SSSR count). The lowest BCUT2D eigenvalue weighted by Crippen LogP contribution is -2.23. The monoisotopic (exact) mass is 233 g/mol. The van der Waals surface area contributed by atoms with Crippen LogP contribution in [0.3, 0.4) is 0 Å². The van der Waals surface area contributed by atoms with E-state index in [1.807, 2.05) is 6.07 Å². The van der Waals surface area contributed by atoms with E-state index in [0.717, 1.165) is 18.9 Å². The van der Waals surface area contributed by atoms with Gasteiger partial charge in [0.1, 0.15) is 0 Å². The molecular weight excluding hydrogens is 210 g/mol. The van der Waals surface area contributed by atoms with Crippen molar-refractivity contribution < 1.29 is 5.11 Å². The Balaban J connectivity index is 1.71. The molecule has 1 saturated carbocycles. The molecule has 0 amide bonds. The normalized spacial score (nSPS) is 18.9. The maximum Gasteiger partial charge on any atom is 0.0462 e. The summed E-state index contributed by atoms with van der Waals surface area (Å²) in [6.45, 7) is 3.55. The van der Waals surface area contributed by atoms with Crippen LogP contribution in [0.25, 0.3) is 0 Å². The van der Waals surface area contributed by atoms with Gasteiger partial charge in [0, 0.05) is 12.6 Å². The fourth-order valence-corrected chi connectivity index (χ4v) is 2.39. The van der Waals surface area contributed by atoms with Crippen molar-refractivity contribution in [1.29, 1.82) is 0 Å². The number of hydrogen-bond acceptors (Lipinski definition) is 2. The van der Waals surface area contributed by atoms with E-state index in [0.29, 0.717) is 18.6 Å². The van der Waals surface area contributed by atoms with Gasteiger partial charge in [0.15, 0.2) is 0 Å². The Bertz CT molecular complexity index is 321. The molecule has 2 heteroatoms. The Morgan fingerprint density at radius 2 is 2.00 bits per heavy atom. The smallest absolute Gasteiger partial charge is 0.0462 e. The first-order valence-corrected chi connectivity index (χ1v) is 6.70. The lowest BCUT2D eigenvalue weighted by Gasteiger charge is -2.17. The molecule has 1 aromatic rings. The molecule has 94 valence electrons. The third kappa shape index (κ3) is 3.83. The van der Waals surface area contributed by atoms with Crippen LogP contribution in [0, 0.1) is 11.8 Å². The van der Waals surface area contributed by atoms with E-state index >= 15 is 0 Å². The van der Waals surface area contributed by atoms with Gasteiger partial charge in [-0.05, 0) is 50.1 Å². The van der Waals surface area contributed by atoms with Crippen molar-refractivity contribution in [2.24, 2.45) is 11.8 Å². The number of nitrogens with one attached hydrogen (secondary N) is 1.